The minimum atomic E-state index is -1.18. The molecule has 0 spiro atoms. The van der Waals surface area contributed by atoms with Gasteiger partial charge in [0.05, 0.1) is 5.56 Å². The topological polar surface area (TPSA) is 143 Å². The Morgan fingerprint density at radius 2 is 1.69 bits per heavy atom. The number of esters is 3. The van der Waals surface area contributed by atoms with Gasteiger partial charge in [-0.2, -0.15) is 0 Å². The maximum absolute atomic E-state index is 12.4. The van der Waals surface area contributed by atoms with E-state index in [4.69, 9.17) is 18.9 Å². The largest absolute Gasteiger partial charge is 0.463 e. The van der Waals surface area contributed by atoms with Gasteiger partial charge in [-0.3, -0.25) is 24.2 Å². The third-order valence-corrected chi connectivity index (χ3v) is 4.17. The summed E-state index contributed by atoms with van der Waals surface area (Å²) in [6.07, 6.45) is -2.46. The summed E-state index contributed by atoms with van der Waals surface area (Å²) in [5, 5.41) is 0. The molecule has 0 aromatic carbocycles. The van der Waals surface area contributed by atoms with Crippen molar-refractivity contribution in [2.45, 2.75) is 65.1 Å². The number of carbonyl (C=O) groups is 3. The molecule has 0 bridgehead atoms. The molecule has 0 aliphatic carbocycles. The molecular formula is C18H24N2O9. The van der Waals surface area contributed by atoms with Gasteiger partial charge in [0.25, 0.3) is 5.56 Å². The first-order valence-corrected chi connectivity index (χ1v) is 9.11. The van der Waals surface area contributed by atoms with Crippen molar-refractivity contribution in [2.75, 3.05) is 6.61 Å². The van der Waals surface area contributed by atoms with Gasteiger partial charge in [0.1, 0.15) is 18.8 Å². The molecular weight excluding hydrogens is 388 g/mol. The molecule has 11 nitrogen and oxygen atoms in total. The minimum absolute atomic E-state index is 0.0202. The quantitative estimate of drug-likeness (QED) is 0.476. The Kier molecular flexibility index (Phi) is 7.32. The molecule has 1 saturated heterocycles. The Bertz CT molecular complexity index is 888. The van der Waals surface area contributed by atoms with Crippen LogP contribution in [0.25, 0.3) is 0 Å². The van der Waals surface area contributed by atoms with Crippen molar-refractivity contribution in [3.63, 3.8) is 0 Å². The van der Waals surface area contributed by atoms with Crippen LogP contribution in [-0.2, 0) is 39.9 Å². The summed E-state index contributed by atoms with van der Waals surface area (Å²) in [5.74, 6) is -1.95. The molecule has 29 heavy (non-hydrogen) atoms. The van der Waals surface area contributed by atoms with Crippen molar-refractivity contribution in [3.05, 3.63) is 32.6 Å². The molecule has 0 saturated carbocycles. The summed E-state index contributed by atoms with van der Waals surface area (Å²) in [4.78, 5) is 61.0. The first-order chi connectivity index (χ1) is 13.6. The highest BCUT2D eigenvalue weighted by Crippen LogP contribution is 2.36. The fourth-order valence-corrected chi connectivity index (χ4v) is 3.10. The molecule has 2 heterocycles. The highest BCUT2D eigenvalue weighted by molar-refractivity contribution is 5.68. The number of aryl methyl sites for hydroxylation is 1. The number of rotatable bonds is 7. The smallest absolute Gasteiger partial charge is 0.328 e. The first kappa shape index (κ1) is 22.3. The van der Waals surface area contributed by atoms with E-state index in [0.717, 1.165) is 13.8 Å². The minimum Gasteiger partial charge on any atom is -0.463 e. The molecule has 0 unspecified atom stereocenters. The number of hydrogen-bond acceptors (Lipinski definition) is 9. The molecule has 1 fully saturated rings. The summed E-state index contributed by atoms with van der Waals surface area (Å²) in [6, 6.07) is 0. The van der Waals surface area contributed by atoms with Crippen LogP contribution < -0.4 is 11.2 Å². The number of aromatic nitrogens is 2. The lowest BCUT2D eigenvalue weighted by molar-refractivity contribution is -0.165. The van der Waals surface area contributed by atoms with Crippen LogP contribution in [0.2, 0.25) is 0 Å². The fraction of sp³-hybridized carbons (Fsp3) is 0.611. The van der Waals surface area contributed by atoms with Gasteiger partial charge >= 0.3 is 23.6 Å². The van der Waals surface area contributed by atoms with Gasteiger partial charge in [-0.25, -0.2) is 4.79 Å². The predicted molar refractivity (Wildman–Crippen MR) is 97.0 cm³/mol. The van der Waals surface area contributed by atoms with Gasteiger partial charge in [0.2, 0.25) is 0 Å². The summed E-state index contributed by atoms with van der Waals surface area (Å²) >= 11 is 0. The highest BCUT2D eigenvalue weighted by Gasteiger charge is 2.51. The van der Waals surface area contributed by atoms with Crippen molar-refractivity contribution in [3.8, 4) is 0 Å². The van der Waals surface area contributed by atoms with E-state index in [1.807, 2.05) is 6.92 Å². The van der Waals surface area contributed by atoms with E-state index < -0.39 is 53.6 Å². The number of hydrogen-bond donors (Lipinski definition) is 1. The van der Waals surface area contributed by atoms with Gasteiger partial charge in [-0.05, 0) is 6.42 Å². The molecule has 1 N–H and O–H groups in total. The van der Waals surface area contributed by atoms with E-state index >= 15 is 0 Å². The molecule has 1 aliphatic heterocycles. The van der Waals surface area contributed by atoms with Crippen LogP contribution in [-0.4, -0.2) is 52.4 Å². The molecule has 4 atom stereocenters. The van der Waals surface area contributed by atoms with Crippen LogP contribution in [0.3, 0.4) is 0 Å². The fourth-order valence-electron chi connectivity index (χ4n) is 3.10. The van der Waals surface area contributed by atoms with E-state index in [2.05, 4.69) is 4.98 Å². The molecule has 160 valence electrons. The lowest BCUT2D eigenvalue weighted by Gasteiger charge is -2.23. The molecule has 1 aliphatic rings. The average molecular weight is 412 g/mol. The molecule has 0 amide bonds. The maximum Gasteiger partial charge on any atom is 0.328 e. The van der Waals surface area contributed by atoms with E-state index in [1.54, 1.807) is 0 Å². The van der Waals surface area contributed by atoms with Crippen molar-refractivity contribution in [1.29, 1.82) is 0 Å². The average Bonchev–Trinajstić information content (AvgIpc) is 2.92. The number of carbonyl (C=O) groups excluding carboxylic acids is 3. The normalized spacial score (nSPS) is 23.4. The van der Waals surface area contributed by atoms with Gasteiger partial charge in [-0.1, -0.05) is 6.92 Å². The monoisotopic (exact) mass is 412 g/mol. The highest BCUT2D eigenvalue weighted by atomic mass is 16.6. The number of nitrogens with one attached hydrogen (secondary N) is 1. The third-order valence-electron chi connectivity index (χ3n) is 4.17. The summed E-state index contributed by atoms with van der Waals surface area (Å²) in [6.45, 7) is 5.43. The van der Waals surface area contributed by atoms with Crippen LogP contribution in [0.4, 0.5) is 0 Å². The van der Waals surface area contributed by atoms with Gasteiger partial charge in [0.15, 0.2) is 12.2 Å². The lowest BCUT2D eigenvalue weighted by atomic mass is 10.0. The van der Waals surface area contributed by atoms with Gasteiger partial charge < -0.3 is 23.5 Å². The Morgan fingerprint density at radius 1 is 1.07 bits per heavy atom. The Balaban J connectivity index is 2.49. The maximum atomic E-state index is 12.4. The Labute approximate surface area is 165 Å². The molecule has 1 aromatic rings. The number of aromatic amines is 1. The van der Waals surface area contributed by atoms with E-state index in [-0.39, 0.29) is 12.2 Å². The van der Waals surface area contributed by atoms with Crippen LogP contribution in [0, 0.1) is 0 Å². The van der Waals surface area contributed by atoms with E-state index in [1.165, 1.54) is 17.7 Å². The van der Waals surface area contributed by atoms with E-state index in [9.17, 15) is 24.0 Å². The zero-order chi connectivity index (χ0) is 21.7. The predicted octanol–water partition coefficient (Wildman–Crippen LogP) is -0.187. The zero-order valence-electron chi connectivity index (χ0n) is 16.6. The molecule has 2 rings (SSSR count). The van der Waals surface area contributed by atoms with Gasteiger partial charge in [-0.15, -0.1) is 0 Å². The lowest BCUT2D eigenvalue weighted by Crippen LogP contribution is -2.41. The Hall–Kier alpha value is -2.95. The number of H-pyrrole nitrogens is 1. The van der Waals surface area contributed by atoms with Crippen LogP contribution in [0.5, 0.6) is 0 Å². The van der Waals surface area contributed by atoms with Crippen molar-refractivity contribution in [2.24, 2.45) is 0 Å². The van der Waals surface area contributed by atoms with E-state index in [0.29, 0.717) is 13.0 Å². The Morgan fingerprint density at radius 3 is 2.24 bits per heavy atom. The second-order valence-corrected chi connectivity index (χ2v) is 6.58. The second kappa shape index (κ2) is 9.50. The molecule has 11 heteroatoms. The SMILES string of the molecule is CCCn1cc([C@@H]2O[C@H](COC(C)=O)[C@@H](OC(C)=O)[C@H]2OC(C)=O)c(=O)[nH]c1=O. The zero-order valence-corrected chi connectivity index (χ0v) is 16.6. The number of ether oxygens (including phenoxy) is 4. The van der Waals surface area contributed by atoms with Crippen molar-refractivity contribution in [1.82, 2.24) is 9.55 Å². The standard InChI is InChI=1S/C18H24N2O9/c1-5-6-20-7-12(17(24)19-18(20)25)14-16(28-11(4)23)15(27-10(3)22)13(29-14)8-26-9(2)21/h7,13-16H,5-6,8H2,1-4H3,(H,19,24,25)/t13-,14+,15-,16+/m1/s1. The van der Waals surface area contributed by atoms with Crippen molar-refractivity contribution < 1.29 is 33.3 Å². The third kappa shape index (κ3) is 5.53. The summed E-state index contributed by atoms with van der Waals surface area (Å²) in [7, 11) is 0. The summed E-state index contributed by atoms with van der Waals surface area (Å²) in [5.41, 5.74) is -1.29. The van der Waals surface area contributed by atoms with Crippen LogP contribution >= 0.6 is 0 Å². The summed E-state index contributed by atoms with van der Waals surface area (Å²) < 4.78 is 22.6. The van der Waals surface area contributed by atoms with Crippen molar-refractivity contribution >= 4 is 17.9 Å². The second-order valence-electron chi connectivity index (χ2n) is 6.58. The van der Waals surface area contributed by atoms with Gasteiger partial charge in [0, 0.05) is 33.5 Å². The number of nitrogens with zero attached hydrogens (tertiary/aromatic N) is 1. The van der Waals surface area contributed by atoms with Crippen LogP contribution in [0.15, 0.2) is 15.8 Å². The molecule has 1 aromatic heterocycles. The van der Waals surface area contributed by atoms with Crippen LogP contribution in [0.1, 0.15) is 45.8 Å². The molecule has 0 radical (unpaired) electrons. The first-order valence-electron chi connectivity index (χ1n) is 9.11.